The Bertz CT molecular complexity index is 632. The van der Waals surface area contributed by atoms with Crippen LogP contribution in [0.25, 0.3) is 11.3 Å². The summed E-state index contributed by atoms with van der Waals surface area (Å²) in [5, 5.41) is 0. The summed E-state index contributed by atoms with van der Waals surface area (Å²) in [5.41, 5.74) is 2.53. The molecule has 1 heterocycles. The van der Waals surface area contributed by atoms with Gasteiger partial charge in [-0.15, -0.1) is 11.6 Å². The summed E-state index contributed by atoms with van der Waals surface area (Å²) >= 11 is 5.55. The monoisotopic (exact) mass is 283 g/mol. The number of alkyl halides is 1. The molecule has 0 aliphatic carbocycles. The summed E-state index contributed by atoms with van der Waals surface area (Å²) in [6, 6.07) is 11.3. The molecule has 0 aliphatic rings. The van der Waals surface area contributed by atoms with E-state index in [1.54, 1.807) is 12.3 Å². The first kappa shape index (κ1) is 13.2. The first-order valence-corrected chi connectivity index (χ1v) is 7.73. The van der Waals surface area contributed by atoms with Crippen molar-refractivity contribution in [3.8, 4) is 11.3 Å². The van der Waals surface area contributed by atoms with E-state index in [-0.39, 0.29) is 11.6 Å². The smallest absolute Gasteiger partial charge is 0.240 e. The van der Waals surface area contributed by atoms with E-state index < -0.39 is 10.0 Å². The topological polar surface area (TPSA) is 39.1 Å². The molecule has 5 heteroatoms. The van der Waals surface area contributed by atoms with Crippen molar-refractivity contribution in [3.63, 3.8) is 0 Å². The lowest BCUT2D eigenvalue weighted by atomic mass is 10.1. The molecule has 0 atom stereocenters. The van der Waals surface area contributed by atoms with E-state index in [1.807, 2.05) is 37.3 Å². The Morgan fingerprint density at radius 1 is 1.17 bits per heavy atom. The van der Waals surface area contributed by atoms with Gasteiger partial charge in [-0.1, -0.05) is 30.3 Å². The van der Waals surface area contributed by atoms with E-state index in [9.17, 15) is 8.42 Å². The molecule has 0 fully saturated rings. The molecule has 1 aromatic carbocycles. The van der Waals surface area contributed by atoms with Gasteiger partial charge in [0.25, 0.3) is 0 Å². The molecule has 2 rings (SSSR count). The SMILES string of the molecule is Cc1ccn(S(=O)(=O)CCCl)c1-c1ccccc1. The van der Waals surface area contributed by atoms with Gasteiger partial charge < -0.3 is 0 Å². The fourth-order valence-corrected chi connectivity index (χ4v) is 3.64. The molecule has 0 bridgehead atoms. The van der Waals surface area contributed by atoms with Gasteiger partial charge in [0.1, 0.15) is 0 Å². The van der Waals surface area contributed by atoms with Crippen LogP contribution in [0.5, 0.6) is 0 Å². The molecule has 0 saturated carbocycles. The first-order chi connectivity index (χ1) is 8.56. The second-order valence-electron chi connectivity index (χ2n) is 4.01. The Kier molecular flexibility index (Phi) is 3.78. The highest BCUT2D eigenvalue weighted by molar-refractivity contribution is 7.90. The van der Waals surface area contributed by atoms with Crippen LogP contribution in [0.2, 0.25) is 0 Å². The minimum absolute atomic E-state index is 0.0670. The fourth-order valence-electron chi connectivity index (χ4n) is 1.89. The van der Waals surface area contributed by atoms with Gasteiger partial charge in [0.2, 0.25) is 10.0 Å². The minimum Gasteiger partial charge on any atom is -0.245 e. The molecule has 1 aromatic heterocycles. The number of hydrogen-bond donors (Lipinski definition) is 0. The third-order valence-corrected chi connectivity index (χ3v) is 4.77. The lowest BCUT2D eigenvalue weighted by Crippen LogP contribution is -2.17. The summed E-state index contributed by atoms with van der Waals surface area (Å²) in [6.45, 7) is 1.90. The van der Waals surface area contributed by atoms with Crippen LogP contribution in [0.15, 0.2) is 42.6 Å². The maximum atomic E-state index is 12.1. The quantitative estimate of drug-likeness (QED) is 0.810. The Balaban J connectivity index is 2.60. The standard InChI is InChI=1S/C13H14ClNO2S/c1-11-7-9-15(18(16,17)10-8-14)13(11)12-5-3-2-4-6-12/h2-7,9H,8,10H2,1H3. The average Bonchev–Trinajstić information content (AvgIpc) is 2.73. The molecule has 0 saturated heterocycles. The molecule has 0 unspecified atom stereocenters. The van der Waals surface area contributed by atoms with Crippen LogP contribution in [0.1, 0.15) is 5.56 Å². The summed E-state index contributed by atoms with van der Waals surface area (Å²) in [7, 11) is -3.38. The molecular formula is C13H14ClNO2S. The third kappa shape index (κ3) is 2.44. The Morgan fingerprint density at radius 2 is 1.83 bits per heavy atom. The van der Waals surface area contributed by atoms with Crippen LogP contribution < -0.4 is 0 Å². The first-order valence-electron chi connectivity index (χ1n) is 5.59. The van der Waals surface area contributed by atoms with Crippen molar-refractivity contribution in [3.05, 3.63) is 48.2 Å². The largest absolute Gasteiger partial charge is 0.245 e. The molecule has 2 aromatic rings. The van der Waals surface area contributed by atoms with Gasteiger partial charge in [-0.3, -0.25) is 0 Å². The molecule has 18 heavy (non-hydrogen) atoms. The summed E-state index contributed by atoms with van der Waals surface area (Å²) < 4.78 is 25.6. The summed E-state index contributed by atoms with van der Waals surface area (Å²) in [4.78, 5) is 0. The van der Waals surface area contributed by atoms with E-state index in [4.69, 9.17) is 11.6 Å². The predicted octanol–water partition coefficient (Wildman–Crippen LogP) is 2.88. The van der Waals surface area contributed by atoms with Crippen molar-refractivity contribution in [1.29, 1.82) is 0 Å². The zero-order valence-corrected chi connectivity index (χ0v) is 11.6. The lowest BCUT2D eigenvalue weighted by molar-refractivity contribution is 0.589. The van der Waals surface area contributed by atoms with Crippen molar-refractivity contribution < 1.29 is 8.42 Å². The van der Waals surface area contributed by atoms with E-state index in [0.29, 0.717) is 5.69 Å². The van der Waals surface area contributed by atoms with Gasteiger partial charge in [0.05, 0.1) is 11.4 Å². The van der Waals surface area contributed by atoms with Crippen molar-refractivity contribution in [2.24, 2.45) is 0 Å². The van der Waals surface area contributed by atoms with Crippen LogP contribution >= 0.6 is 11.6 Å². The van der Waals surface area contributed by atoms with Gasteiger partial charge in [-0.25, -0.2) is 12.4 Å². The molecule has 0 amide bonds. The van der Waals surface area contributed by atoms with Gasteiger partial charge in [0.15, 0.2) is 0 Å². The molecule has 0 radical (unpaired) electrons. The second kappa shape index (κ2) is 5.16. The number of nitrogens with zero attached hydrogens (tertiary/aromatic N) is 1. The Labute approximate surface area is 112 Å². The van der Waals surface area contributed by atoms with E-state index in [0.717, 1.165) is 11.1 Å². The number of hydrogen-bond acceptors (Lipinski definition) is 2. The van der Waals surface area contributed by atoms with Crippen molar-refractivity contribution in [1.82, 2.24) is 3.97 Å². The molecular weight excluding hydrogens is 270 g/mol. The summed E-state index contributed by atoms with van der Waals surface area (Å²) in [6.07, 6.45) is 1.58. The van der Waals surface area contributed by atoms with Crippen LogP contribution in [0.3, 0.4) is 0 Å². The molecule has 3 nitrogen and oxygen atoms in total. The van der Waals surface area contributed by atoms with Gasteiger partial charge >= 0.3 is 0 Å². The molecule has 96 valence electrons. The highest BCUT2D eigenvalue weighted by Gasteiger charge is 2.18. The molecule has 0 aliphatic heterocycles. The highest BCUT2D eigenvalue weighted by atomic mass is 35.5. The number of halogens is 1. The van der Waals surface area contributed by atoms with E-state index in [2.05, 4.69) is 0 Å². The van der Waals surface area contributed by atoms with E-state index >= 15 is 0 Å². The van der Waals surface area contributed by atoms with Crippen LogP contribution in [0, 0.1) is 6.92 Å². The molecule has 0 spiro atoms. The average molecular weight is 284 g/mol. The Hall–Kier alpha value is -1.26. The lowest BCUT2D eigenvalue weighted by Gasteiger charge is -2.10. The Morgan fingerprint density at radius 3 is 2.44 bits per heavy atom. The maximum Gasteiger partial charge on any atom is 0.240 e. The summed E-state index contributed by atoms with van der Waals surface area (Å²) in [5.74, 6) is 0.0241. The number of benzene rings is 1. The molecule has 0 N–H and O–H groups in total. The van der Waals surface area contributed by atoms with Gasteiger partial charge in [0, 0.05) is 12.1 Å². The van der Waals surface area contributed by atoms with Crippen LogP contribution in [-0.4, -0.2) is 24.0 Å². The van der Waals surface area contributed by atoms with Crippen molar-refractivity contribution >= 4 is 21.6 Å². The highest BCUT2D eigenvalue weighted by Crippen LogP contribution is 2.25. The zero-order chi connectivity index (χ0) is 13.2. The number of rotatable bonds is 4. The maximum absolute atomic E-state index is 12.1. The third-order valence-electron chi connectivity index (χ3n) is 2.74. The fraction of sp³-hybridized carbons (Fsp3) is 0.231. The van der Waals surface area contributed by atoms with Gasteiger partial charge in [-0.05, 0) is 24.1 Å². The predicted molar refractivity (Wildman–Crippen MR) is 74.5 cm³/mol. The zero-order valence-electron chi connectivity index (χ0n) is 10.0. The van der Waals surface area contributed by atoms with Crippen molar-refractivity contribution in [2.45, 2.75) is 6.92 Å². The normalized spacial score (nSPS) is 11.7. The van der Waals surface area contributed by atoms with Crippen molar-refractivity contribution in [2.75, 3.05) is 11.6 Å². The number of aryl methyl sites for hydroxylation is 1. The second-order valence-corrected chi connectivity index (χ2v) is 6.36. The van der Waals surface area contributed by atoms with Crippen LogP contribution in [-0.2, 0) is 10.0 Å². The van der Waals surface area contributed by atoms with Crippen LogP contribution in [0.4, 0.5) is 0 Å². The number of aromatic nitrogens is 1. The van der Waals surface area contributed by atoms with Gasteiger partial charge in [-0.2, -0.15) is 0 Å². The minimum atomic E-state index is -3.38. The van der Waals surface area contributed by atoms with E-state index in [1.165, 1.54) is 3.97 Å².